The van der Waals surface area contributed by atoms with E-state index in [9.17, 15) is 0 Å². The number of nitrogens with zero attached hydrogens (tertiary/aromatic N) is 2. The Kier molecular flexibility index (Phi) is 13.5. The molecule has 58 heavy (non-hydrogen) atoms. The van der Waals surface area contributed by atoms with Gasteiger partial charge in [0.15, 0.2) is 35.7 Å². The van der Waals surface area contributed by atoms with Crippen LogP contribution in [0.4, 0.5) is 0 Å². The molecule has 0 aliphatic heterocycles. The Morgan fingerprint density at radius 2 is 1.28 bits per heavy atom. The third-order valence-electron chi connectivity index (χ3n) is 10.1. The lowest BCUT2D eigenvalue weighted by atomic mass is 9.96. The van der Waals surface area contributed by atoms with Gasteiger partial charge < -0.3 is 18.9 Å². The Hall–Kier alpha value is -5.96. The quantitative estimate of drug-likeness (QED) is 0.0552. The van der Waals surface area contributed by atoms with Crippen LogP contribution >= 0.6 is 21.6 Å². The topological polar surface area (TPSA) is 53.2 Å². The van der Waals surface area contributed by atoms with E-state index in [1.807, 2.05) is 70.1 Å². The summed E-state index contributed by atoms with van der Waals surface area (Å²) < 4.78 is 25.3. The van der Waals surface area contributed by atoms with Gasteiger partial charge in [0.2, 0.25) is 5.52 Å². The SMILES string of the molecule is C=CC(/C=C/c1c(OC)c(OC)cc2ccccc12)=C1/C=CC=CC1=NCCSSCC[n+]1ccc(/C=C/c2c(OC)c(OC)cc3ccccc23)c2ccccc21. The summed E-state index contributed by atoms with van der Waals surface area (Å²) in [5, 5.41) is 5.59. The van der Waals surface area contributed by atoms with Gasteiger partial charge in [0.1, 0.15) is 0 Å². The Bertz CT molecular complexity index is 2650. The van der Waals surface area contributed by atoms with Crippen LogP contribution in [-0.2, 0) is 6.54 Å². The highest BCUT2D eigenvalue weighted by Crippen LogP contribution is 2.40. The minimum atomic E-state index is 0.696. The maximum atomic E-state index is 5.83. The van der Waals surface area contributed by atoms with Crippen LogP contribution in [0.25, 0.3) is 50.7 Å². The van der Waals surface area contributed by atoms with E-state index < -0.39 is 0 Å². The second kappa shape index (κ2) is 19.5. The van der Waals surface area contributed by atoms with Crippen molar-refractivity contribution in [3.63, 3.8) is 0 Å². The molecule has 0 spiro atoms. The molecule has 5 aromatic carbocycles. The molecule has 0 N–H and O–H groups in total. The van der Waals surface area contributed by atoms with Crippen LogP contribution in [0.15, 0.2) is 156 Å². The molecule has 6 nitrogen and oxygen atoms in total. The van der Waals surface area contributed by atoms with Crippen LogP contribution in [0, 0.1) is 0 Å². The first-order valence-corrected chi connectivity index (χ1v) is 21.6. The van der Waals surface area contributed by atoms with Gasteiger partial charge in [-0.15, -0.1) is 0 Å². The van der Waals surface area contributed by atoms with Crippen molar-refractivity contribution < 1.29 is 23.5 Å². The van der Waals surface area contributed by atoms with E-state index in [1.54, 1.807) is 28.4 Å². The number of rotatable bonds is 16. The zero-order valence-electron chi connectivity index (χ0n) is 33.3. The number of hydrogen-bond acceptors (Lipinski definition) is 7. The number of fused-ring (bicyclic) bond motifs is 3. The molecule has 8 heteroatoms. The van der Waals surface area contributed by atoms with Gasteiger partial charge in [-0.25, -0.2) is 0 Å². The Balaban J connectivity index is 1.00. The van der Waals surface area contributed by atoms with Crippen molar-refractivity contribution in [3.05, 3.63) is 168 Å². The molecule has 1 aromatic heterocycles. The maximum Gasteiger partial charge on any atom is 0.213 e. The van der Waals surface area contributed by atoms with Gasteiger partial charge in [0, 0.05) is 41.1 Å². The highest BCUT2D eigenvalue weighted by molar-refractivity contribution is 8.76. The number of aryl methyl sites for hydroxylation is 1. The van der Waals surface area contributed by atoms with Gasteiger partial charge in [-0.1, -0.05) is 125 Å². The molecule has 0 bridgehead atoms. The number of allylic oxidation sites excluding steroid dienone is 8. The number of ether oxygens (including phenoxy) is 4. The lowest BCUT2D eigenvalue weighted by Gasteiger charge is -2.14. The van der Waals surface area contributed by atoms with E-state index in [0.29, 0.717) is 18.0 Å². The molecule has 1 aliphatic carbocycles. The van der Waals surface area contributed by atoms with Crippen LogP contribution in [0.3, 0.4) is 0 Å². The molecule has 0 saturated heterocycles. The zero-order chi connectivity index (χ0) is 40.3. The minimum Gasteiger partial charge on any atom is -0.493 e. The van der Waals surface area contributed by atoms with Crippen molar-refractivity contribution in [2.75, 3.05) is 46.5 Å². The first-order valence-electron chi connectivity index (χ1n) is 19.1. The van der Waals surface area contributed by atoms with Crippen molar-refractivity contribution >= 4 is 78.0 Å². The van der Waals surface area contributed by atoms with Crippen LogP contribution in [0.5, 0.6) is 23.0 Å². The highest BCUT2D eigenvalue weighted by atomic mass is 33.1. The average Bonchev–Trinajstić information content (AvgIpc) is 3.27. The molecular formula is C50H47N2O4S2+. The Morgan fingerprint density at radius 3 is 1.93 bits per heavy atom. The smallest absolute Gasteiger partial charge is 0.213 e. The molecular weight excluding hydrogens is 757 g/mol. The first-order chi connectivity index (χ1) is 28.6. The van der Waals surface area contributed by atoms with Crippen LogP contribution in [0.1, 0.15) is 16.7 Å². The summed E-state index contributed by atoms with van der Waals surface area (Å²) >= 11 is 0. The standard InChI is InChI=1S/C50H47N2O4S2/c1-6-35(23-25-43-39-17-9-7-15-37(39)33-47(53-2)49(43)55-4)41-19-11-13-21-45(41)51-28-31-57-58-32-30-52-29-27-36(42-20-12-14-22-46(42)52)24-26-44-40-18-10-8-16-38(40)34-48(54-3)50(44)56-5/h6-27,29,33-34H,1,28,30-32H2,2-5H3/q+1/b25-23+,26-24+,41-35+,51-45?. The molecule has 6 aromatic rings. The monoisotopic (exact) mass is 803 g/mol. The molecule has 0 unspecified atom stereocenters. The van der Waals surface area contributed by atoms with E-state index in [0.717, 1.165) is 84.6 Å². The van der Waals surface area contributed by atoms with Crippen molar-refractivity contribution in [3.8, 4) is 23.0 Å². The summed E-state index contributed by atoms with van der Waals surface area (Å²) in [7, 11) is 10.5. The number of hydrogen-bond donors (Lipinski definition) is 0. The Labute approximate surface area is 349 Å². The lowest BCUT2D eigenvalue weighted by molar-refractivity contribution is -0.666. The summed E-state index contributed by atoms with van der Waals surface area (Å²) in [5.74, 6) is 4.72. The third kappa shape index (κ3) is 8.79. The van der Waals surface area contributed by atoms with Crippen LogP contribution in [-0.4, -0.2) is 52.2 Å². The van der Waals surface area contributed by atoms with E-state index in [-0.39, 0.29) is 0 Å². The predicted molar refractivity (Wildman–Crippen MR) is 249 cm³/mol. The minimum absolute atomic E-state index is 0.696. The van der Waals surface area contributed by atoms with Gasteiger partial charge in [0.25, 0.3) is 0 Å². The second-order valence-electron chi connectivity index (χ2n) is 13.3. The molecule has 0 fully saturated rings. The maximum absolute atomic E-state index is 5.83. The molecule has 0 saturated carbocycles. The number of benzene rings is 5. The fraction of sp³-hybridized carbons (Fsp3) is 0.160. The lowest BCUT2D eigenvalue weighted by Crippen LogP contribution is -2.35. The number of aromatic nitrogens is 1. The molecule has 0 radical (unpaired) electrons. The van der Waals surface area contributed by atoms with Gasteiger partial charge in [-0.05, 0) is 69.1 Å². The van der Waals surface area contributed by atoms with Gasteiger partial charge >= 0.3 is 0 Å². The number of methoxy groups -OCH3 is 4. The van der Waals surface area contributed by atoms with Gasteiger partial charge in [-0.3, -0.25) is 4.99 Å². The molecule has 0 atom stereocenters. The van der Waals surface area contributed by atoms with Gasteiger partial charge in [0.05, 0.1) is 45.3 Å². The molecule has 0 amide bonds. The Morgan fingerprint density at radius 1 is 0.672 bits per heavy atom. The number of pyridine rings is 1. The molecule has 292 valence electrons. The predicted octanol–water partition coefficient (Wildman–Crippen LogP) is 11.8. The van der Waals surface area contributed by atoms with Crippen molar-refractivity contribution in [1.29, 1.82) is 0 Å². The van der Waals surface area contributed by atoms with E-state index in [1.165, 1.54) is 10.9 Å². The van der Waals surface area contributed by atoms with E-state index >= 15 is 0 Å². The van der Waals surface area contributed by atoms with E-state index in [4.69, 9.17) is 23.9 Å². The summed E-state index contributed by atoms with van der Waals surface area (Å²) in [4.78, 5) is 5.02. The van der Waals surface area contributed by atoms with Crippen LogP contribution in [0.2, 0.25) is 0 Å². The molecule has 1 heterocycles. The fourth-order valence-corrected chi connectivity index (χ4v) is 9.12. The molecule has 1 aliphatic rings. The van der Waals surface area contributed by atoms with Crippen molar-refractivity contribution in [1.82, 2.24) is 0 Å². The van der Waals surface area contributed by atoms with Crippen LogP contribution < -0.4 is 23.5 Å². The van der Waals surface area contributed by atoms with Gasteiger partial charge in [-0.2, -0.15) is 4.57 Å². The zero-order valence-corrected chi connectivity index (χ0v) is 34.9. The van der Waals surface area contributed by atoms with E-state index in [2.05, 4.69) is 114 Å². The largest absolute Gasteiger partial charge is 0.493 e. The summed E-state index contributed by atoms with van der Waals surface area (Å²) in [6, 6.07) is 31.4. The average molecular weight is 804 g/mol. The highest BCUT2D eigenvalue weighted by Gasteiger charge is 2.16. The first kappa shape index (κ1) is 40.2. The third-order valence-corrected chi connectivity index (χ3v) is 12.4. The summed E-state index contributed by atoms with van der Waals surface area (Å²) in [5.41, 5.74) is 7.26. The number of aliphatic imine (C=N–C) groups is 1. The second-order valence-corrected chi connectivity index (χ2v) is 16.0. The number of para-hydroxylation sites is 1. The molecule has 7 rings (SSSR count). The fourth-order valence-electron chi connectivity index (χ4n) is 7.29. The summed E-state index contributed by atoms with van der Waals surface area (Å²) in [6.45, 7) is 5.75. The summed E-state index contributed by atoms with van der Waals surface area (Å²) in [6.07, 6.45) is 20.8. The normalized spacial score (nSPS) is 14.3. The van der Waals surface area contributed by atoms with Crippen molar-refractivity contribution in [2.24, 2.45) is 4.99 Å². The van der Waals surface area contributed by atoms with Crippen molar-refractivity contribution in [2.45, 2.75) is 6.54 Å².